The first-order valence-corrected chi connectivity index (χ1v) is 12.9. The number of nitrogens with one attached hydrogen (secondary N) is 1. The van der Waals surface area contributed by atoms with E-state index in [2.05, 4.69) is 16.5 Å². The van der Waals surface area contributed by atoms with Crippen molar-refractivity contribution >= 4 is 13.2 Å². The summed E-state index contributed by atoms with van der Waals surface area (Å²) in [5.41, 5.74) is 4.84. The van der Waals surface area contributed by atoms with E-state index in [1.807, 2.05) is 44.2 Å². The van der Waals surface area contributed by atoms with E-state index in [0.717, 1.165) is 35.4 Å². The Morgan fingerprint density at radius 3 is 2.55 bits per heavy atom. The van der Waals surface area contributed by atoms with Crippen LogP contribution >= 0.6 is 0 Å². The van der Waals surface area contributed by atoms with Gasteiger partial charge in [0.05, 0.1) is 0 Å². The average Bonchev–Trinajstić information content (AvgIpc) is 3.64. The van der Waals surface area contributed by atoms with Crippen LogP contribution in [-0.4, -0.2) is 31.4 Å². The number of aromatic nitrogens is 1. The zero-order valence-corrected chi connectivity index (χ0v) is 21.7. The summed E-state index contributed by atoms with van der Waals surface area (Å²) in [5.74, 6) is 1.17. The van der Waals surface area contributed by atoms with Gasteiger partial charge in [0, 0.05) is 5.56 Å². The largest absolute Gasteiger partial charge is 0.453 e. The summed E-state index contributed by atoms with van der Waals surface area (Å²) in [6, 6.07) is 18.3. The van der Waals surface area contributed by atoms with Crippen molar-refractivity contribution in [2.75, 3.05) is 7.05 Å². The Labute approximate surface area is 223 Å². The van der Waals surface area contributed by atoms with Crippen molar-refractivity contribution in [2.45, 2.75) is 57.4 Å². The number of halogens is 1. The number of hydrogen-bond donors (Lipinski definition) is 1. The van der Waals surface area contributed by atoms with E-state index < -0.39 is 0 Å². The van der Waals surface area contributed by atoms with Crippen molar-refractivity contribution in [1.29, 1.82) is 5.26 Å². The predicted molar refractivity (Wildman–Crippen MR) is 146 cm³/mol. The van der Waals surface area contributed by atoms with Crippen LogP contribution in [0.25, 0.3) is 22.5 Å². The third-order valence-corrected chi connectivity index (χ3v) is 6.87. The Hall–Kier alpha value is -3.83. The Bertz CT molecular complexity index is 1380. The number of furan rings is 1. The van der Waals surface area contributed by atoms with Gasteiger partial charge in [-0.3, -0.25) is 4.79 Å². The number of likely N-dealkylation sites (N-methyl/N-ethyl adjacent to an activating group) is 1. The molecule has 1 N–H and O–H groups in total. The van der Waals surface area contributed by atoms with Gasteiger partial charge in [0.2, 0.25) is 0 Å². The van der Waals surface area contributed by atoms with Gasteiger partial charge in [-0.25, -0.2) is 0 Å². The molecular formula is C30H31BFN3O3. The molecule has 0 saturated heterocycles. The van der Waals surface area contributed by atoms with Crippen LogP contribution in [0.1, 0.15) is 65.4 Å². The maximum atomic E-state index is 14.5. The van der Waals surface area contributed by atoms with E-state index >= 15 is 0 Å². The average molecular weight is 511 g/mol. The molecule has 5 rings (SSSR count). The summed E-state index contributed by atoms with van der Waals surface area (Å²) in [7, 11) is 1.72. The first kappa shape index (κ1) is 27.2. The smallest absolute Gasteiger partial charge is 0.185 e. The first-order chi connectivity index (χ1) is 18.5. The number of rotatable bonds is 7. The van der Waals surface area contributed by atoms with Gasteiger partial charge < -0.3 is 4.42 Å². The number of hydrogen-bond acceptors (Lipinski definition) is 6. The van der Waals surface area contributed by atoms with Crippen LogP contribution in [0.15, 0.2) is 63.5 Å². The standard InChI is InChI=1S/C18H21BFN3O.C12H10O2/c1-22-14(11-21)9-12-7-8-15(16(20)10-12)17-19-18(24-23-17)13-5-3-2-4-6-13;1-9-2-4-10(5-3-9)12-7-6-11(8-13)14-12/h7-8,10,13-14,22H,2-6,9H2,1H3;2-8H,1H3. The van der Waals surface area contributed by atoms with Crippen molar-refractivity contribution in [2.24, 2.45) is 0 Å². The SMILES string of the molecule is CNC(C#N)Cc1ccc(-c2bc(C3CCCCC3)on2)c(F)c1.Cc1ccc(-c2ccc(C=O)o2)cc1. The van der Waals surface area contributed by atoms with E-state index in [9.17, 15) is 9.18 Å². The normalized spacial score (nSPS) is 14.2. The van der Waals surface area contributed by atoms with Crippen LogP contribution in [-0.2, 0) is 6.42 Å². The number of nitriles is 1. The molecule has 38 heavy (non-hydrogen) atoms. The molecule has 0 amide bonds. The van der Waals surface area contributed by atoms with Crippen molar-refractivity contribution in [3.63, 3.8) is 0 Å². The van der Waals surface area contributed by atoms with Crippen molar-refractivity contribution in [1.82, 2.24) is 10.5 Å². The second kappa shape index (κ2) is 13.1. The van der Waals surface area contributed by atoms with E-state index in [1.54, 1.807) is 25.2 Å². The Morgan fingerprint density at radius 2 is 1.92 bits per heavy atom. The summed E-state index contributed by atoms with van der Waals surface area (Å²) in [5, 5.41) is 15.9. The maximum Gasteiger partial charge on any atom is 0.185 e. The van der Waals surface area contributed by atoms with Gasteiger partial charge >= 0.3 is 142 Å². The van der Waals surface area contributed by atoms with Crippen LogP contribution in [0.4, 0.5) is 4.39 Å². The van der Waals surface area contributed by atoms with Crippen molar-refractivity contribution < 1.29 is 18.1 Å². The molecule has 1 aliphatic rings. The third-order valence-electron chi connectivity index (χ3n) is 6.87. The third kappa shape index (κ3) is 6.93. The zero-order chi connectivity index (χ0) is 26.9. The van der Waals surface area contributed by atoms with Crippen LogP contribution in [0, 0.1) is 24.1 Å². The molecule has 194 valence electrons. The molecule has 1 atom stereocenters. The minimum absolute atomic E-state index is 0.319. The number of benzene rings is 2. The molecule has 0 bridgehead atoms. The van der Waals surface area contributed by atoms with Gasteiger partial charge in [0.1, 0.15) is 5.76 Å². The first-order valence-electron chi connectivity index (χ1n) is 12.9. The maximum absolute atomic E-state index is 14.5. The molecular weight excluding hydrogens is 480 g/mol. The van der Waals surface area contributed by atoms with Gasteiger partial charge in [0.25, 0.3) is 0 Å². The molecule has 0 aliphatic heterocycles. The second-order valence-corrected chi connectivity index (χ2v) is 9.62. The van der Waals surface area contributed by atoms with Gasteiger partial charge in [-0.1, -0.05) is 29.8 Å². The summed E-state index contributed by atoms with van der Waals surface area (Å²) < 4.78 is 25.2. The van der Waals surface area contributed by atoms with E-state index in [-0.39, 0.29) is 11.9 Å². The molecule has 4 aromatic rings. The Kier molecular flexibility index (Phi) is 9.39. The molecule has 6 nitrogen and oxygen atoms in total. The summed E-state index contributed by atoms with van der Waals surface area (Å²) >= 11 is 0. The summed E-state index contributed by atoms with van der Waals surface area (Å²) in [6.45, 7) is 3.91. The van der Waals surface area contributed by atoms with Crippen molar-refractivity contribution in [3.8, 4) is 28.5 Å². The molecule has 1 unspecified atom stereocenters. The fraction of sp³-hybridized carbons (Fsp3) is 0.333. The number of carbonyl (C=O) groups excluding carboxylic acids is 1. The van der Waals surface area contributed by atoms with Gasteiger partial charge in [-0.15, -0.1) is 0 Å². The second-order valence-electron chi connectivity index (χ2n) is 9.62. The van der Waals surface area contributed by atoms with Crippen molar-refractivity contribution in [3.05, 3.63) is 83.0 Å². The summed E-state index contributed by atoms with van der Waals surface area (Å²) in [4.78, 5) is 10.4. The van der Waals surface area contributed by atoms with E-state index in [4.69, 9.17) is 14.2 Å². The molecule has 2 aromatic carbocycles. The van der Waals surface area contributed by atoms with Gasteiger partial charge in [0.15, 0.2) is 12.0 Å². The topological polar surface area (TPSA) is 92.1 Å². The Balaban J connectivity index is 0.000000204. The number of aryl methyl sites for hydroxylation is 1. The van der Waals surface area contributed by atoms with Crippen LogP contribution < -0.4 is 5.32 Å². The minimum atomic E-state index is -0.330. The van der Waals surface area contributed by atoms with Crippen LogP contribution in [0.2, 0.25) is 0 Å². The minimum Gasteiger partial charge on any atom is -0.453 e. The number of carbonyl (C=O) groups is 1. The van der Waals surface area contributed by atoms with Gasteiger partial charge in [-0.05, 0) is 19.1 Å². The molecule has 0 spiro atoms. The van der Waals surface area contributed by atoms with Crippen LogP contribution in [0.5, 0.6) is 0 Å². The monoisotopic (exact) mass is 511 g/mol. The molecule has 2 heterocycles. The molecule has 8 heteroatoms. The summed E-state index contributed by atoms with van der Waals surface area (Å²) in [6.07, 6.45) is 7.13. The quantitative estimate of drug-likeness (QED) is 0.282. The molecule has 1 fully saturated rings. The molecule has 0 radical (unpaired) electrons. The van der Waals surface area contributed by atoms with E-state index in [0.29, 0.717) is 35.5 Å². The number of aldehydes is 1. The molecule has 1 saturated carbocycles. The predicted octanol–water partition coefficient (Wildman–Crippen LogP) is 6.59. The molecule has 1 aliphatic carbocycles. The van der Waals surface area contributed by atoms with Gasteiger partial charge in [-0.2, -0.15) is 0 Å². The van der Waals surface area contributed by atoms with Crippen LogP contribution in [0.3, 0.4) is 0 Å². The molecule has 2 aromatic heterocycles. The zero-order valence-electron chi connectivity index (χ0n) is 21.7. The fourth-order valence-corrected chi connectivity index (χ4v) is 4.63. The number of nitrogens with zero attached hydrogens (tertiary/aromatic N) is 2. The fourth-order valence-electron chi connectivity index (χ4n) is 4.63. The Morgan fingerprint density at radius 1 is 1.16 bits per heavy atom. The van der Waals surface area contributed by atoms with E-state index in [1.165, 1.54) is 30.9 Å².